The maximum Gasteiger partial charge on any atom is 0.237 e. The van der Waals surface area contributed by atoms with Crippen molar-refractivity contribution in [2.75, 3.05) is 19.6 Å². The largest absolute Gasteiger partial charge is 0.411 e. The summed E-state index contributed by atoms with van der Waals surface area (Å²) >= 11 is 0. The summed E-state index contributed by atoms with van der Waals surface area (Å²) in [5.74, 6) is 0.0712. The second kappa shape index (κ2) is 5.70. The van der Waals surface area contributed by atoms with Crippen molar-refractivity contribution in [3.63, 3.8) is 0 Å². The Bertz CT molecular complexity index is 243. The van der Waals surface area contributed by atoms with Crippen molar-refractivity contribution in [1.82, 2.24) is 10.2 Å². The van der Waals surface area contributed by atoms with E-state index in [0.29, 0.717) is 6.54 Å². The van der Waals surface area contributed by atoms with E-state index in [0.717, 1.165) is 31.6 Å². The molecule has 1 unspecified atom stereocenters. The third-order valence-electron chi connectivity index (χ3n) is 2.79. The highest BCUT2D eigenvalue weighted by Crippen LogP contribution is 2.10. The Morgan fingerprint density at radius 1 is 1.60 bits per heavy atom. The average Bonchev–Trinajstić information content (AvgIpc) is 2.28. The van der Waals surface area contributed by atoms with E-state index in [1.807, 2.05) is 13.8 Å². The summed E-state index contributed by atoms with van der Waals surface area (Å²) in [5, 5.41) is 14.6. The Kier molecular flexibility index (Phi) is 4.55. The summed E-state index contributed by atoms with van der Waals surface area (Å²) < 4.78 is 0. The fraction of sp³-hybridized carbons (Fsp3) is 0.800. The van der Waals surface area contributed by atoms with E-state index in [1.54, 1.807) is 0 Å². The molecule has 0 bridgehead atoms. The van der Waals surface area contributed by atoms with Gasteiger partial charge in [0.2, 0.25) is 5.91 Å². The first-order valence-corrected chi connectivity index (χ1v) is 5.40. The van der Waals surface area contributed by atoms with Crippen LogP contribution in [0.15, 0.2) is 5.16 Å². The summed E-state index contributed by atoms with van der Waals surface area (Å²) in [6, 6.07) is -0.0924. The molecule has 1 aliphatic heterocycles. The number of oxime groups is 1. The molecule has 0 aromatic heterocycles. The average molecular weight is 213 g/mol. The zero-order chi connectivity index (χ0) is 11.3. The first-order valence-electron chi connectivity index (χ1n) is 5.40. The van der Waals surface area contributed by atoms with Crippen LogP contribution in [0.1, 0.15) is 26.7 Å². The molecule has 1 atom stereocenters. The fourth-order valence-corrected chi connectivity index (χ4v) is 1.76. The van der Waals surface area contributed by atoms with Gasteiger partial charge in [0.05, 0.1) is 11.8 Å². The third kappa shape index (κ3) is 3.20. The van der Waals surface area contributed by atoms with Gasteiger partial charge in [-0.05, 0) is 13.8 Å². The maximum absolute atomic E-state index is 11.6. The molecule has 5 heteroatoms. The van der Waals surface area contributed by atoms with Crippen molar-refractivity contribution in [1.29, 1.82) is 0 Å². The summed E-state index contributed by atoms with van der Waals surface area (Å²) in [7, 11) is 0. The number of carbonyl (C=O) groups excluding carboxylic acids is 1. The second-order valence-corrected chi connectivity index (χ2v) is 3.77. The summed E-state index contributed by atoms with van der Waals surface area (Å²) in [5.41, 5.74) is 0.828. The molecule has 15 heavy (non-hydrogen) atoms. The van der Waals surface area contributed by atoms with Crippen LogP contribution in [0.25, 0.3) is 0 Å². The smallest absolute Gasteiger partial charge is 0.237 e. The number of hydrogen-bond acceptors (Lipinski definition) is 4. The Labute approximate surface area is 90.1 Å². The quantitative estimate of drug-likeness (QED) is 0.528. The monoisotopic (exact) mass is 213 g/mol. The first-order chi connectivity index (χ1) is 7.19. The fourth-order valence-electron chi connectivity index (χ4n) is 1.76. The summed E-state index contributed by atoms with van der Waals surface area (Å²) in [4.78, 5) is 13.7. The molecule has 0 radical (unpaired) electrons. The van der Waals surface area contributed by atoms with Crippen molar-refractivity contribution in [2.45, 2.75) is 32.7 Å². The van der Waals surface area contributed by atoms with Gasteiger partial charge in [-0.3, -0.25) is 9.69 Å². The first kappa shape index (κ1) is 12.0. The molecule has 0 aromatic carbocycles. The van der Waals surface area contributed by atoms with Crippen LogP contribution in [0.4, 0.5) is 0 Å². The molecule has 1 rings (SSSR count). The van der Waals surface area contributed by atoms with Crippen LogP contribution in [0.2, 0.25) is 0 Å². The predicted octanol–water partition coefficient (Wildman–Crippen LogP) is 0.437. The minimum absolute atomic E-state index is 0.0712. The third-order valence-corrected chi connectivity index (χ3v) is 2.79. The van der Waals surface area contributed by atoms with Gasteiger partial charge in [0, 0.05) is 32.5 Å². The molecule has 0 saturated carbocycles. The molecule has 0 spiro atoms. The number of carbonyl (C=O) groups is 1. The lowest BCUT2D eigenvalue weighted by Gasteiger charge is -2.31. The van der Waals surface area contributed by atoms with Crippen LogP contribution in [0.5, 0.6) is 0 Å². The summed E-state index contributed by atoms with van der Waals surface area (Å²) in [6.07, 6.45) is 1.50. The molecule has 1 heterocycles. The maximum atomic E-state index is 11.6. The normalized spacial score (nSPS) is 19.7. The van der Waals surface area contributed by atoms with Gasteiger partial charge in [0.1, 0.15) is 0 Å². The number of likely N-dealkylation sites (tertiary alicyclic amines) is 1. The van der Waals surface area contributed by atoms with Crippen molar-refractivity contribution in [2.24, 2.45) is 5.16 Å². The van der Waals surface area contributed by atoms with Gasteiger partial charge >= 0.3 is 0 Å². The van der Waals surface area contributed by atoms with Crippen LogP contribution in [-0.4, -0.2) is 47.4 Å². The molecular weight excluding hydrogens is 194 g/mol. The number of rotatable bonds is 3. The zero-order valence-corrected chi connectivity index (χ0v) is 9.36. The van der Waals surface area contributed by atoms with Gasteiger partial charge in [-0.2, -0.15) is 0 Å². The van der Waals surface area contributed by atoms with E-state index in [4.69, 9.17) is 5.21 Å². The van der Waals surface area contributed by atoms with Crippen LogP contribution < -0.4 is 5.32 Å². The molecule has 5 nitrogen and oxygen atoms in total. The number of nitrogens with one attached hydrogen (secondary N) is 1. The van der Waals surface area contributed by atoms with Gasteiger partial charge in [0.25, 0.3) is 0 Å². The van der Waals surface area contributed by atoms with Crippen LogP contribution in [0.3, 0.4) is 0 Å². The lowest BCUT2D eigenvalue weighted by Crippen LogP contribution is -2.48. The lowest BCUT2D eigenvalue weighted by atomic mass is 10.1. The van der Waals surface area contributed by atoms with Gasteiger partial charge in [-0.15, -0.1) is 0 Å². The minimum Gasteiger partial charge on any atom is -0.411 e. The Balaban J connectivity index is 2.42. The molecule has 1 fully saturated rings. The highest BCUT2D eigenvalue weighted by molar-refractivity contribution is 5.85. The Morgan fingerprint density at radius 3 is 2.67 bits per heavy atom. The molecule has 1 amide bonds. The Hall–Kier alpha value is -1.10. The lowest BCUT2D eigenvalue weighted by molar-refractivity contribution is -0.125. The van der Waals surface area contributed by atoms with Gasteiger partial charge in [-0.25, -0.2) is 0 Å². The van der Waals surface area contributed by atoms with E-state index >= 15 is 0 Å². The highest BCUT2D eigenvalue weighted by atomic mass is 16.4. The predicted molar refractivity (Wildman–Crippen MR) is 58.2 cm³/mol. The molecule has 0 aliphatic carbocycles. The van der Waals surface area contributed by atoms with E-state index < -0.39 is 0 Å². The van der Waals surface area contributed by atoms with Crippen molar-refractivity contribution >= 4 is 11.6 Å². The summed E-state index contributed by atoms with van der Waals surface area (Å²) in [6.45, 7) is 6.07. The molecule has 0 aromatic rings. The van der Waals surface area contributed by atoms with Crippen molar-refractivity contribution < 1.29 is 10.0 Å². The standard InChI is InChI=1S/C10H19N3O2/c1-3-11-10(14)8(2)13-6-4-9(12-15)5-7-13/h8,15H,3-7H2,1-2H3,(H,11,14). The van der Waals surface area contributed by atoms with Gasteiger partial charge in [-0.1, -0.05) is 5.16 Å². The topological polar surface area (TPSA) is 64.9 Å². The number of likely N-dealkylation sites (N-methyl/N-ethyl adjacent to an activating group) is 1. The molecule has 1 aliphatic rings. The molecule has 2 N–H and O–H groups in total. The van der Waals surface area contributed by atoms with Crippen molar-refractivity contribution in [3.8, 4) is 0 Å². The molecule has 1 saturated heterocycles. The SMILES string of the molecule is CCNC(=O)C(C)N1CCC(=NO)CC1. The van der Waals surface area contributed by atoms with Crippen LogP contribution in [0, 0.1) is 0 Å². The van der Waals surface area contributed by atoms with E-state index in [-0.39, 0.29) is 11.9 Å². The zero-order valence-electron chi connectivity index (χ0n) is 9.36. The number of hydrogen-bond donors (Lipinski definition) is 2. The van der Waals surface area contributed by atoms with Crippen LogP contribution in [-0.2, 0) is 4.79 Å². The van der Waals surface area contributed by atoms with Gasteiger partial charge in [0.15, 0.2) is 0 Å². The molecular formula is C10H19N3O2. The Morgan fingerprint density at radius 2 is 2.20 bits per heavy atom. The van der Waals surface area contributed by atoms with E-state index in [9.17, 15) is 4.79 Å². The van der Waals surface area contributed by atoms with E-state index in [1.165, 1.54) is 0 Å². The minimum atomic E-state index is -0.0924. The van der Waals surface area contributed by atoms with E-state index in [2.05, 4.69) is 15.4 Å². The molecule has 86 valence electrons. The number of piperidine rings is 1. The van der Waals surface area contributed by atoms with Crippen molar-refractivity contribution in [3.05, 3.63) is 0 Å². The number of amides is 1. The number of nitrogens with zero attached hydrogens (tertiary/aromatic N) is 2. The highest BCUT2D eigenvalue weighted by Gasteiger charge is 2.24. The second-order valence-electron chi connectivity index (χ2n) is 3.77. The van der Waals surface area contributed by atoms with Crippen LogP contribution >= 0.6 is 0 Å². The van der Waals surface area contributed by atoms with Gasteiger partial charge < -0.3 is 10.5 Å².